The third kappa shape index (κ3) is 4.94. The van der Waals surface area contributed by atoms with Crippen LogP contribution in [0.5, 0.6) is 5.75 Å². The summed E-state index contributed by atoms with van der Waals surface area (Å²) in [7, 11) is 0. The highest BCUT2D eigenvalue weighted by Gasteiger charge is 2.15. The quantitative estimate of drug-likeness (QED) is 0.583. The summed E-state index contributed by atoms with van der Waals surface area (Å²) in [5.74, 6) is 0.829. The van der Waals surface area contributed by atoms with E-state index in [2.05, 4.69) is 10.2 Å². The van der Waals surface area contributed by atoms with Crippen LogP contribution in [0.2, 0.25) is 0 Å². The number of fused-ring (bicyclic) bond motifs is 1. The molecule has 0 bridgehead atoms. The maximum absolute atomic E-state index is 12.4. The number of ether oxygens (including phenoxy) is 2. The van der Waals surface area contributed by atoms with Gasteiger partial charge in [-0.15, -0.1) is 0 Å². The number of esters is 1. The number of para-hydroxylation sites is 1. The Balaban J connectivity index is 1.40. The summed E-state index contributed by atoms with van der Waals surface area (Å²) in [5, 5.41) is 3.74. The number of nitrogens with one attached hydrogen (secondary N) is 1. The van der Waals surface area contributed by atoms with Crippen molar-refractivity contribution in [1.82, 2.24) is 4.98 Å². The predicted molar refractivity (Wildman–Crippen MR) is 120 cm³/mol. The molecule has 0 aliphatic carbocycles. The molecule has 3 aromatic rings. The van der Waals surface area contributed by atoms with Crippen LogP contribution in [0.25, 0.3) is 10.9 Å². The maximum atomic E-state index is 12.4. The van der Waals surface area contributed by atoms with Crippen molar-refractivity contribution in [3.63, 3.8) is 0 Å². The van der Waals surface area contributed by atoms with E-state index in [0.717, 1.165) is 29.8 Å². The van der Waals surface area contributed by atoms with E-state index in [1.165, 1.54) is 12.8 Å². The van der Waals surface area contributed by atoms with E-state index in [9.17, 15) is 9.59 Å². The Labute approximate surface area is 181 Å². The van der Waals surface area contributed by atoms with Crippen molar-refractivity contribution in [2.24, 2.45) is 0 Å². The smallest absolute Gasteiger partial charge is 0.338 e. The van der Waals surface area contributed by atoms with Crippen LogP contribution < -0.4 is 15.0 Å². The van der Waals surface area contributed by atoms with Gasteiger partial charge in [-0.1, -0.05) is 12.1 Å². The van der Waals surface area contributed by atoms with Gasteiger partial charge in [-0.2, -0.15) is 0 Å². The molecular formula is C24H25N3O4. The summed E-state index contributed by atoms with van der Waals surface area (Å²) in [6, 6.07) is 16.3. The number of benzene rings is 2. The van der Waals surface area contributed by atoms with E-state index in [1.807, 2.05) is 30.3 Å². The van der Waals surface area contributed by atoms with E-state index >= 15 is 0 Å². The first-order valence-corrected chi connectivity index (χ1v) is 10.5. The third-order valence-electron chi connectivity index (χ3n) is 5.14. The van der Waals surface area contributed by atoms with Crippen molar-refractivity contribution < 1.29 is 19.1 Å². The van der Waals surface area contributed by atoms with Crippen molar-refractivity contribution in [3.8, 4) is 5.75 Å². The van der Waals surface area contributed by atoms with Gasteiger partial charge >= 0.3 is 5.97 Å². The first-order chi connectivity index (χ1) is 15.1. The fourth-order valence-electron chi connectivity index (χ4n) is 3.59. The van der Waals surface area contributed by atoms with Crippen LogP contribution in [0.4, 0.5) is 11.5 Å². The highest BCUT2D eigenvalue weighted by molar-refractivity contribution is 5.94. The van der Waals surface area contributed by atoms with Crippen LogP contribution in [0, 0.1) is 0 Å². The molecule has 160 valence electrons. The van der Waals surface area contributed by atoms with E-state index in [-0.39, 0.29) is 18.5 Å². The molecule has 1 fully saturated rings. The second-order valence-corrected chi connectivity index (χ2v) is 7.33. The number of carbonyl (C=O) groups excluding carboxylic acids is 2. The summed E-state index contributed by atoms with van der Waals surface area (Å²) < 4.78 is 10.8. The number of anilines is 2. The lowest BCUT2D eigenvalue weighted by Crippen LogP contribution is -2.20. The van der Waals surface area contributed by atoms with Gasteiger partial charge in [0.25, 0.3) is 5.91 Å². The molecule has 31 heavy (non-hydrogen) atoms. The number of aromatic nitrogens is 1. The first-order valence-electron chi connectivity index (χ1n) is 10.5. The van der Waals surface area contributed by atoms with Gasteiger partial charge in [0.2, 0.25) is 0 Å². The summed E-state index contributed by atoms with van der Waals surface area (Å²) >= 11 is 0. The van der Waals surface area contributed by atoms with Crippen molar-refractivity contribution in [1.29, 1.82) is 0 Å². The van der Waals surface area contributed by atoms with E-state index < -0.39 is 0 Å². The van der Waals surface area contributed by atoms with Gasteiger partial charge < -0.3 is 19.7 Å². The molecule has 1 aliphatic rings. The summed E-state index contributed by atoms with van der Waals surface area (Å²) in [6.07, 6.45) is 2.36. The lowest BCUT2D eigenvalue weighted by Gasteiger charge is -2.17. The first kappa shape index (κ1) is 20.7. The molecule has 0 saturated carbocycles. The number of carbonyl (C=O) groups is 2. The number of hydrogen-bond donors (Lipinski definition) is 1. The molecule has 1 saturated heterocycles. The normalized spacial score (nSPS) is 13.3. The van der Waals surface area contributed by atoms with Crippen LogP contribution in [-0.4, -0.2) is 43.2 Å². The van der Waals surface area contributed by atoms with Gasteiger partial charge in [-0.3, -0.25) is 4.79 Å². The van der Waals surface area contributed by atoms with Crippen LogP contribution in [-0.2, 0) is 9.53 Å². The number of pyridine rings is 1. The van der Waals surface area contributed by atoms with E-state index in [0.29, 0.717) is 23.6 Å². The second-order valence-electron chi connectivity index (χ2n) is 7.33. The largest absolute Gasteiger partial charge is 0.481 e. The number of hydrogen-bond acceptors (Lipinski definition) is 6. The van der Waals surface area contributed by atoms with Crippen LogP contribution in [0.1, 0.15) is 30.1 Å². The molecule has 0 radical (unpaired) electrons. The zero-order chi connectivity index (χ0) is 21.6. The molecule has 4 rings (SSSR count). The zero-order valence-corrected chi connectivity index (χ0v) is 17.5. The average molecular weight is 419 g/mol. The Kier molecular flexibility index (Phi) is 6.31. The summed E-state index contributed by atoms with van der Waals surface area (Å²) in [5.41, 5.74) is 1.76. The Bertz CT molecular complexity index is 1080. The van der Waals surface area contributed by atoms with Gasteiger partial charge in [0.05, 0.1) is 12.2 Å². The van der Waals surface area contributed by atoms with Crippen LogP contribution >= 0.6 is 0 Å². The monoisotopic (exact) mass is 419 g/mol. The summed E-state index contributed by atoms with van der Waals surface area (Å²) in [4.78, 5) is 31.1. The molecule has 2 aromatic carbocycles. The van der Waals surface area contributed by atoms with Crippen molar-refractivity contribution in [2.75, 3.05) is 36.5 Å². The molecular weight excluding hydrogens is 394 g/mol. The van der Waals surface area contributed by atoms with Gasteiger partial charge in [0, 0.05) is 24.2 Å². The Morgan fingerprint density at radius 3 is 2.55 bits per heavy atom. The number of amides is 1. The van der Waals surface area contributed by atoms with Crippen molar-refractivity contribution in [2.45, 2.75) is 19.8 Å². The molecule has 1 aromatic heterocycles. The maximum Gasteiger partial charge on any atom is 0.338 e. The highest BCUT2D eigenvalue weighted by Crippen LogP contribution is 2.27. The van der Waals surface area contributed by atoms with Gasteiger partial charge in [0.1, 0.15) is 17.1 Å². The minimum atomic E-state index is -0.388. The van der Waals surface area contributed by atoms with Gasteiger partial charge in [0.15, 0.2) is 6.61 Å². The zero-order valence-electron chi connectivity index (χ0n) is 17.5. The Hall–Kier alpha value is -3.61. The molecule has 0 unspecified atom stereocenters. The van der Waals surface area contributed by atoms with Crippen molar-refractivity contribution in [3.05, 3.63) is 60.2 Å². The van der Waals surface area contributed by atoms with Gasteiger partial charge in [-0.05, 0) is 62.2 Å². The third-order valence-corrected chi connectivity index (χ3v) is 5.14. The van der Waals surface area contributed by atoms with Crippen LogP contribution in [0.3, 0.4) is 0 Å². The standard InChI is InChI=1S/C24H25N3O4/c1-2-30-24(29)18-8-11-19(12-9-18)25-22(28)16-31-20-7-5-6-17-10-13-21(26-23(17)20)27-14-3-4-15-27/h5-13H,2-4,14-16H2,1H3,(H,25,28). The Morgan fingerprint density at radius 1 is 1.03 bits per heavy atom. The minimum absolute atomic E-state index is 0.144. The lowest BCUT2D eigenvalue weighted by atomic mass is 10.2. The SMILES string of the molecule is CCOC(=O)c1ccc(NC(=O)COc2cccc3ccc(N4CCCC4)nc23)cc1. The number of rotatable bonds is 7. The second kappa shape index (κ2) is 9.47. The number of nitrogens with zero attached hydrogens (tertiary/aromatic N) is 2. The lowest BCUT2D eigenvalue weighted by molar-refractivity contribution is -0.118. The molecule has 7 nitrogen and oxygen atoms in total. The molecule has 0 spiro atoms. The topological polar surface area (TPSA) is 80.8 Å². The minimum Gasteiger partial charge on any atom is -0.481 e. The van der Waals surface area contributed by atoms with Gasteiger partial charge in [-0.25, -0.2) is 9.78 Å². The average Bonchev–Trinajstić information content (AvgIpc) is 3.33. The highest BCUT2D eigenvalue weighted by atomic mass is 16.5. The molecule has 0 atom stereocenters. The predicted octanol–water partition coefficient (Wildman–Crippen LogP) is 4.03. The van der Waals surface area contributed by atoms with E-state index in [4.69, 9.17) is 14.5 Å². The Morgan fingerprint density at radius 2 is 1.81 bits per heavy atom. The molecule has 1 N–H and O–H groups in total. The fourth-order valence-corrected chi connectivity index (χ4v) is 3.59. The van der Waals surface area contributed by atoms with Crippen molar-refractivity contribution >= 4 is 34.3 Å². The van der Waals surface area contributed by atoms with E-state index in [1.54, 1.807) is 31.2 Å². The molecule has 2 heterocycles. The van der Waals surface area contributed by atoms with Crippen LogP contribution in [0.15, 0.2) is 54.6 Å². The fraction of sp³-hybridized carbons (Fsp3) is 0.292. The molecule has 7 heteroatoms. The molecule has 1 amide bonds. The summed E-state index contributed by atoms with van der Waals surface area (Å²) in [6.45, 7) is 3.95. The molecule has 1 aliphatic heterocycles.